The number of carbonyl (C=O) groups excluding carboxylic acids is 3. The van der Waals surface area contributed by atoms with E-state index in [0.717, 1.165) is 25.7 Å². The molecule has 252 valence electrons. The lowest BCUT2D eigenvalue weighted by Crippen LogP contribution is -2.76. The Morgan fingerprint density at radius 3 is 2.40 bits per heavy atom. The van der Waals surface area contributed by atoms with E-state index in [0.29, 0.717) is 6.42 Å². The average Bonchev–Trinajstić information content (AvgIpc) is 3.67. The molecule has 3 aliphatic carbocycles. The van der Waals surface area contributed by atoms with Gasteiger partial charge in [0.15, 0.2) is 17.0 Å². The van der Waals surface area contributed by atoms with Crippen LogP contribution >= 0.6 is 0 Å². The fourth-order valence-electron chi connectivity index (χ4n) is 8.27. The second-order valence-electron chi connectivity index (χ2n) is 14.4. The summed E-state index contributed by atoms with van der Waals surface area (Å²) in [5.41, 5.74) is -8.96. The maximum absolute atomic E-state index is 13.5. The Balaban J connectivity index is 1.84. The van der Waals surface area contributed by atoms with Crippen LogP contribution in [0.4, 0.5) is 0 Å². The summed E-state index contributed by atoms with van der Waals surface area (Å²) in [5.74, 6) is -5.88. The quantitative estimate of drug-likeness (QED) is 0.0874. The second kappa shape index (κ2) is 12.3. The molecule has 11 atom stereocenters. The molecular formula is C35H52O10. The topological polar surface area (TPSA) is 163 Å². The minimum atomic E-state index is -2.52. The first-order chi connectivity index (χ1) is 21.0. The van der Waals surface area contributed by atoms with Gasteiger partial charge in [-0.1, -0.05) is 78.7 Å². The minimum absolute atomic E-state index is 0.143. The minimum Gasteiger partial charge on any atom is -0.455 e. The van der Waals surface area contributed by atoms with Crippen LogP contribution in [0.25, 0.3) is 0 Å². The zero-order valence-corrected chi connectivity index (χ0v) is 27.9. The number of esters is 2. The van der Waals surface area contributed by atoms with Crippen LogP contribution in [0.3, 0.4) is 0 Å². The summed E-state index contributed by atoms with van der Waals surface area (Å²) in [6.07, 6.45) is 8.51. The van der Waals surface area contributed by atoms with Crippen molar-refractivity contribution in [2.75, 3.05) is 6.61 Å². The molecular weight excluding hydrogens is 580 g/mol. The third kappa shape index (κ3) is 5.15. The Morgan fingerprint density at radius 1 is 1.13 bits per heavy atom. The first-order valence-electron chi connectivity index (χ1n) is 16.4. The molecule has 1 heterocycles. The molecule has 4 N–H and O–H groups in total. The molecule has 1 aliphatic heterocycles. The molecule has 0 amide bonds. The summed E-state index contributed by atoms with van der Waals surface area (Å²) in [4.78, 5) is 40.3. The number of unbranched alkanes of at least 4 members (excludes halogenated alkanes) is 3. The van der Waals surface area contributed by atoms with Gasteiger partial charge in [0.1, 0.15) is 17.8 Å². The number of hydrogen-bond acceptors (Lipinski definition) is 10. The Bertz CT molecular complexity index is 1270. The Hall–Kier alpha value is -2.37. The van der Waals surface area contributed by atoms with E-state index in [1.807, 2.05) is 13.0 Å². The molecule has 3 fully saturated rings. The molecule has 11 unspecified atom stereocenters. The van der Waals surface area contributed by atoms with Gasteiger partial charge in [-0.2, -0.15) is 0 Å². The fourth-order valence-corrected chi connectivity index (χ4v) is 8.27. The van der Waals surface area contributed by atoms with E-state index < -0.39 is 94.1 Å². The molecule has 0 aromatic rings. The highest BCUT2D eigenvalue weighted by Crippen LogP contribution is 2.70. The van der Waals surface area contributed by atoms with Crippen LogP contribution in [0.15, 0.2) is 36.0 Å². The molecule has 4 aliphatic rings. The average molecular weight is 633 g/mol. The summed E-state index contributed by atoms with van der Waals surface area (Å²) < 4.78 is 18.4. The standard InChI is InChI=1S/C35H52O10/c1-9-11-12-13-14-15-16-17-24(37)43-27-22(5)34(41)23-18-21(4)26(38)35(23,42)30(40)33(19-36)28(44-33)25(34)31(6,7)32(27,8)45-29(39)20(3)10-2/h14-18,20,22-23,25,27-28,30,36,40-42H,9-13,19H2,1-8H3/b15-14+,17-16+. The number of ketones is 1. The highest BCUT2D eigenvalue weighted by atomic mass is 16.6. The highest BCUT2D eigenvalue weighted by Gasteiger charge is 2.85. The van der Waals surface area contributed by atoms with Crippen molar-refractivity contribution in [2.45, 2.75) is 128 Å². The third-order valence-electron chi connectivity index (χ3n) is 11.6. The number of fused-ring (bicyclic) bond motifs is 5. The van der Waals surface area contributed by atoms with Crippen molar-refractivity contribution >= 4 is 17.7 Å². The maximum Gasteiger partial charge on any atom is 0.331 e. The summed E-state index contributed by atoms with van der Waals surface area (Å²) in [5, 5.41) is 47.1. The third-order valence-corrected chi connectivity index (χ3v) is 11.6. The number of allylic oxidation sites excluding steroid dienone is 3. The smallest absolute Gasteiger partial charge is 0.331 e. The normalized spacial score (nSPS) is 42.4. The van der Waals surface area contributed by atoms with Crippen molar-refractivity contribution in [1.82, 2.24) is 0 Å². The van der Waals surface area contributed by atoms with Crippen LogP contribution in [-0.2, 0) is 28.6 Å². The predicted molar refractivity (Wildman–Crippen MR) is 166 cm³/mol. The van der Waals surface area contributed by atoms with Gasteiger partial charge in [-0.05, 0) is 38.7 Å². The summed E-state index contributed by atoms with van der Waals surface area (Å²) in [7, 11) is 0. The van der Waals surface area contributed by atoms with Crippen molar-refractivity contribution in [3.05, 3.63) is 36.0 Å². The van der Waals surface area contributed by atoms with Crippen molar-refractivity contribution in [3.63, 3.8) is 0 Å². The van der Waals surface area contributed by atoms with Crippen LogP contribution < -0.4 is 0 Å². The fraction of sp³-hybridized carbons (Fsp3) is 0.743. The Labute approximate surface area is 266 Å². The van der Waals surface area contributed by atoms with E-state index in [1.165, 1.54) is 19.1 Å². The van der Waals surface area contributed by atoms with E-state index in [1.54, 1.807) is 46.8 Å². The number of aliphatic hydroxyl groups excluding tert-OH is 2. The van der Waals surface area contributed by atoms with Gasteiger partial charge in [0, 0.05) is 29.2 Å². The SMILES string of the molecule is CCCCC/C=C/C=C/C(=O)OC1C(C)C2(O)C3C=C(C)C(=O)C3(O)C(O)C3(CO)OC3C2C(C)(C)C1(C)OC(=O)C(C)CC. The van der Waals surface area contributed by atoms with Gasteiger partial charge >= 0.3 is 11.9 Å². The highest BCUT2D eigenvalue weighted by molar-refractivity contribution is 6.05. The van der Waals surface area contributed by atoms with E-state index in [-0.39, 0.29) is 5.57 Å². The van der Waals surface area contributed by atoms with Gasteiger partial charge in [-0.15, -0.1) is 0 Å². The molecule has 1 saturated heterocycles. The predicted octanol–water partition coefficient (Wildman–Crippen LogP) is 3.34. The molecule has 0 radical (unpaired) electrons. The maximum atomic E-state index is 13.5. The zero-order chi connectivity index (χ0) is 33.8. The van der Waals surface area contributed by atoms with Crippen LogP contribution in [0.5, 0.6) is 0 Å². The van der Waals surface area contributed by atoms with Crippen molar-refractivity contribution in [2.24, 2.45) is 29.1 Å². The van der Waals surface area contributed by atoms with Gasteiger partial charge < -0.3 is 34.6 Å². The summed E-state index contributed by atoms with van der Waals surface area (Å²) >= 11 is 0. The van der Waals surface area contributed by atoms with E-state index >= 15 is 0 Å². The van der Waals surface area contributed by atoms with Crippen LogP contribution in [-0.4, -0.2) is 85.5 Å². The molecule has 10 heteroatoms. The van der Waals surface area contributed by atoms with Crippen molar-refractivity contribution < 1.29 is 49.0 Å². The van der Waals surface area contributed by atoms with Gasteiger partial charge in [-0.25, -0.2) is 4.79 Å². The number of carbonyl (C=O) groups is 3. The lowest BCUT2D eigenvalue weighted by atomic mass is 9.46. The lowest BCUT2D eigenvalue weighted by Gasteiger charge is -2.64. The van der Waals surface area contributed by atoms with Gasteiger partial charge in [0.05, 0.1) is 24.2 Å². The molecule has 0 bridgehead atoms. The second-order valence-corrected chi connectivity index (χ2v) is 14.4. The molecule has 2 saturated carbocycles. The Kier molecular flexibility index (Phi) is 9.73. The number of ether oxygens (including phenoxy) is 3. The van der Waals surface area contributed by atoms with E-state index in [2.05, 4.69) is 6.92 Å². The molecule has 0 aromatic heterocycles. The zero-order valence-electron chi connectivity index (χ0n) is 27.9. The van der Waals surface area contributed by atoms with E-state index in [9.17, 15) is 34.8 Å². The lowest BCUT2D eigenvalue weighted by molar-refractivity contribution is -0.304. The van der Waals surface area contributed by atoms with E-state index in [4.69, 9.17) is 14.2 Å². The van der Waals surface area contributed by atoms with Crippen LogP contribution in [0.2, 0.25) is 0 Å². The Morgan fingerprint density at radius 2 is 1.80 bits per heavy atom. The van der Waals surface area contributed by atoms with Crippen LogP contribution in [0, 0.1) is 29.1 Å². The largest absolute Gasteiger partial charge is 0.455 e. The summed E-state index contributed by atoms with van der Waals surface area (Å²) in [6.45, 7) is 13.3. The molecule has 45 heavy (non-hydrogen) atoms. The van der Waals surface area contributed by atoms with Crippen molar-refractivity contribution in [3.8, 4) is 0 Å². The van der Waals surface area contributed by atoms with Crippen LogP contribution in [0.1, 0.15) is 87.5 Å². The first kappa shape index (κ1) is 35.5. The number of Topliss-reactive ketones (excluding diaryl/α,β-unsaturated/α-hetero) is 1. The molecule has 0 spiro atoms. The van der Waals surface area contributed by atoms with Crippen molar-refractivity contribution in [1.29, 1.82) is 0 Å². The number of aliphatic hydroxyl groups is 4. The van der Waals surface area contributed by atoms with Gasteiger partial charge in [0.2, 0.25) is 0 Å². The monoisotopic (exact) mass is 632 g/mol. The first-order valence-corrected chi connectivity index (χ1v) is 16.4. The molecule has 4 rings (SSSR count). The number of rotatable bonds is 11. The van der Waals surface area contributed by atoms with Gasteiger partial charge in [0.25, 0.3) is 0 Å². The molecule has 10 nitrogen and oxygen atoms in total. The van der Waals surface area contributed by atoms with Gasteiger partial charge in [-0.3, -0.25) is 9.59 Å². The molecule has 0 aromatic carbocycles. The number of epoxide rings is 1. The number of hydrogen-bond donors (Lipinski definition) is 4. The summed E-state index contributed by atoms with van der Waals surface area (Å²) in [6, 6.07) is 0.